The van der Waals surface area contributed by atoms with E-state index in [-0.39, 0.29) is 28.8 Å². The summed E-state index contributed by atoms with van der Waals surface area (Å²) in [5.41, 5.74) is 1.09. The Morgan fingerprint density at radius 3 is 2.52 bits per heavy atom. The number of rotatable bonds is 6. The normalized spacial score (nSPS) is 19.1. The summed E-state index contributed by atoms with van der Waals surface area (Å²) in [5, 5.41) is 2.97. The third-order valence-electron chi connectivity index (χ3n) is 6.52. The molecule has 7 nitrogen and oxygen atoms in total. The maximum atomic E-state index is 13.2. The molecule has 0 radical (unpaired) electrons. The Labute approximate surface area is 186 Å². The summed E-state index contributed by atoms with van der Waals surface area (Å²) in [5.74, 6) is 0.220. The lowest BCUT2D eigenvalue weighted by molar-refractivity contribution is -0.124. The van der Waals surface area contributed by atoms with Crippen LogP contribution in [0.2, 0.25) is 0 Å². The molecule has 0 atom stereocenters. The van der Waals surface area contributed by atoms with Crippen molar-refractivity contribution in [1.29, 1.82) is 0 Å². The fourth-order valence-electron chi connectivity index (χ4n) is 4.08. The predicted molar refractivity (Wildman–Crippen MR) is 121 cm³/mol. The standard InChI is InChI=1S/C23H35N3O4S/c1-5-23(3,4)24-21(27)16-26-20-10-9-19(15-18(20)7-6-8-22(26)28)31(29,30)25-13-11-17(2)12-14-25/h9-10,15,17H,5-8,11-14,16H2,1-4H3,(H,24,27). The number of nitrogens with one attached hydrogen (secondary N) is 1. The zero-order valence-electron chi connectivity index (χ0n) is 19.1. The van der Waals surface area contributed by atoms with Gasteiger partial charge in [-0.05, 0) is 75.6 Å². The summed E-state index contributed by atoms with van der Waals surface area (Å²) in [4.78, 5) is 27.1. The molecule has 8 heteroatoms. The van der Waals surface area contributed by atoms with Crippen LogP contribution in [0.3, 0.4) is 0 Å². The first-order valence-corrected chi connectivity index (χ1v) is 12.7. The molecule has 0 aromatic heterocycles. The number of hydrogen-bond acceptors (Lipinski definition) is 4. The first kappa shape index (κ1) is 23.7. The number of nitrogens with zero attached hydrogens (tertiary/aromatic N) is 2. The van der Waals surface area contributed by atoms with Gasteiger partial charge >= 0.3 is 0 Å². The van der Waals surface area contributed by atoms with E-state index in [0.29, 0.717) is 44.0 Å². The monoisotopic (exact) mass is 449 g/mol. The van der Waals surface area contributed by atoms with Crippen molar-refractivity contribution in [2.45, 2.75) is 76.7 Å². The number of sulfonamides is 1. The minimum absolute atomic E-state index is 0.0641. The highest BCUT2D eigenvalue weighted by Crippen LogP contribution is 2.31. The number of benzene rings is 1. The number of piperidine rings is 1. The van der Waals surface area contributed by atoms with Crippen LogP contribution in [-0.2, 0) is 26.0 Å². The first-order chi connectivity index (χ1) is 14.5. The molecule has 1 saturated heterocycles. The van der Waals surface area contributed by atoms with Crippen molar-refractivity contribution >= 4 is 27.5 Å². The molecule has 0 bridgehead atoms. The Bertz CT molecular complexity index is 934. The van der Waals surface area contributed by atoms with Gasteiger partial charge in [0.2, 0.25) is 21.8 Å². The number of carbonyl (C=O) groups is 2. The van der Waals surface area contributed by atoms with Crippen molar-refractivity contribution < 1.29 is 18.0 Å². The molecule has 31 heavy (non-hydrogen) atoms. The summed E-state index contributed by atoms with van der Waals surface area (Å²) in [6.07, 6.45) is 4.10. The molecule has 0 spiro atoms. The van der Waals surface area contributed by atoms with Crippen molar-refractivity contribution in [2.24, 2.45) is 5.92 Å². The fourth-order valence-corrected chi connectivity index (χ4v) is 5.60. The van der Waals surface area contributed by atoms with Crippen LogP contribution in [-0.4, -0.2) is 49.7 Å². The van der Waals surface area contributed by atoms with Crippen molar-refractivity contribution in [3.63, 3.8) is 0 Å². The second kappa shape index (κ2) is 9.28. The Hall–Kier alpha value is -1.93. The topological polar surface area (TPSA) is 86.8 Å². The summed E-state index contributed by atoms with van der Waals surface area (Å²) in [6, 6.07) is 4.96. The quantitative estimate of drug-likeness (QED) is 0.723. The average molecular weight is 450 g/mol. The highest BCUT2D eigenvalue weighted by atomic mass is 32.2. The molecule has 0 saturated carbocycles. The Kier molecular flexibility index (Phi) is 7.11. The molecule has 2 aliphatic heterocycles. The van der Waals surface area contributed by atoms with Crippen LogP contribution >= 0.6 is 0 Å². The van der Waals surface area contributed by atoms with Gasteiger partial charge < -0.3 is 10.2 Å². The molecule has 1 N–H and O–H groups in total. The number of amides is 2. The molecule has 3 rings (SSSR count). The lowest BCUT2D eigenvalue weighted by Crippen LogP contribution is -2.48. The van der Waals surface area contributed by atoms with E-state index in [9.17, 15) is 18.0 Å². The third-order valence-corrected chi connectivity index (χ3v) is 8.42. The van der Waals surface area contributed by atoms with E-state index in [4.69, 9.17) is 0 Å². The van der Waals surface area contributed by atoms with Crippen LogP contribution in [0.5, 0.6) is 0 Å². The zero-order chi connectivity index (χ0) is 22.8. The molecule has 2 amide bonds. The fraction of sp³-hybridized carbons (Fsp3) is 0.652. The molecular formula is C23H35N3O4S. The van der Waals surface area contributed by atoms with E-state index in [1.54, 1.807) is 22.5 Å². The lowest BCUT2D eigenvalue weighted by atomic mass is 10.0. The molecular weight excluding hydrogens is 414 g/mol. The molecule has 1 aromatic carbocycles. The molecule has 2 heterocycles. The van der Waals surface area contributed by atoms with Crippen LogP contribution in [0.4, 0.5) is 5.69 Å². The number of anilines is 1. The zero-order valence-corrected chi connectivity index (χ0v) is 19.9. The van der Waals surface area contributed by atoms with E-state index in [1.165, 1.54) is 4.90 Å². The van der Waals surface area contributed by atoms with Gasteiger partial charge in [-0.15, -0.1) is 0 Å². The minimum Gasteiger partial charge on any atom is -0.350 e. The summed E-state index contributed by atoms with van der Waals surface area (Å²) < 4.78 is 27.9. The first-order valence-electron chi connectivity index (χ1n) is 11.3. The summed E-state index contributed by atoms with van der Waals surface area (Å²) >= 11 is 0. The van der Waals surface area contributed by atoms with Gasteiger partial charge in [-0.2, -0.15) is 4.31 Å². The lowest BCUT2D eigenvalue weighted by Gasteiger charge is -2.30. The Morgan fingerprint density at radius 1 is 1.19 bits per heavy atom. The van der Waals surface area contributed by atoms with Crippen molar-refractivity contribution in [1.82, 2.24) is 9.62 Å². The van der Waals surface area contributed by atoms with E-state index in [1.807, 2.05) is 20.8 Å². The van der Waals surface area contributed by atoms with Crippen molar-refractivity contribution in [3.05, 3.63) is 23.8 Å². The van der Waals surface area contributed by atoms with Gasteiger partial charge in [0, 0.05) is 30.7 Å². The van der Waals surface area contributed by atoms with Gasteiger partial charge in [0.05, 0.1) is 4.90 Å². The van der Waals surface area contributed by atoms with Gasteiger partial charge in [-0.25, -0.2) is 8.42 Å². The third kappa shape index (κ3) is 5.47. The molecule has 0 unspecified atom stereocenters. The molecule has 2 aliphatic rings. The van der Waals surface area contributed by atoms with Crippen LogP contribution < -0.4 is 10.2 Å². The Morgan fingerprint density at radius 2 is 1.87 bits per heavy atom. The van der Waals surface area contributed by atoms with Gasteiger partial charge in [0.15, 0.2) is 0 Å². The molecule has 1 aromatic rings. The van der Waals surface area contributed by atoms with E-state index in [2.05, 4.69) is 12.2 Å². The maximum absolute atomic E-state index is 13.2. The van der Waals surface area contributed by atoms with Crippen LogP contribution in [0.25, 0.3) is 0 Å². The van der Waals surface area contributed by atoms with Crippen molar-refractivity contribution in [2.75, 3.05) is 24.5 Å². The number of hydrogen-bond donors (Lipinski definition) is 1. The summed E-state index contributed by atoms with van der Waals surface area (Å²) in [6.45, 7) is 9.05. The van der Waals surface area contributed by atoms with Gasteiger partial charge in [0.25, 0.3) is 0 Å². The average Bonchev–Trinajstić information content (AvgIpc) is 2.86. The number of fused-ring (bicyclic) bond motifs is 1. The van der Waals surface area contributed by atoms with E-state index in [0.717, 1.165) is 24.8 Å². The highest BCUT2D eigenvalue weighted by molar-refractivity contribution is 7.89. The molecule has 0 aliphatic carbocycles. The number of carbonyl (C=O) groups excluding carboxylic acids is 2. The second-order valence-corrected chi connectivity index (χ2v) is 11.4. The predicted octanol–water partition coefficient (Wildman–Crippen LogP) is 3.08. The van der Waals surface area contributed by atoms with Crippen molar-refractivity contribution in [3.8, 4) is 0 Å². The second-order valence-electron chi connectivity index (χ2n) is 9.50. The smallest absolute Gasteiger partial charge is 0.243 e. The van der Waals surface area contributed by atoms with Crippen LogP contribution in [0.1, 0.15) is 65.4 Å². The minimum atomic E-state index is -3.56. The molecule has 1 fully saturated rings. The molecule has 172 valence electrons. The summed E-state index contributed by atoms with van der Waals surface area (Å²) in [7, 11) is -3.56. The highest BCUT2D eigenvalue weighted by Gasteiger charge is 2.31. The largest absolute Gasteiger partial charge is 0.350 e. The Balaban J connectivity index is 1.86. The maximum Gasteiger partial charge on any atom is 0.243 e. The van der Waals surface area contributed by atoms with Crippen LogP contribution in [0, 0.1) is 5.92 Å². The SMILES string of the molecule is CCC(C)(C)NC(=O)CN1C(=O)CCCc2cc(S(=O)(=O)N3CCC(C)CC3)ccc21. The van der Waals surface area contributed by atoms with Crippen LogP contribution in [0.15, 0.2) is 23.1 Å². The van der Waals surface area contributed by atoms with E-state index < -0.39 is 10.0 Å². The number of aryl methyl sites for hydroxylation is 1. The van der Waals surface area contributed by atoms with Gasteiger partial charge in [-0.3, -0.25) is 9.59 Å². The van der Waals surface area contributed by atoms with E-state index >= 15 is 0 Å². The van der Waals surface area contributed by atoms with Gasteiger partial charge in [0.1, 0.15) is 6.54 Å². The van der Waals surface area contributed by atoms with Gasteiger partial charge in [-0.1, -0.05) is 13.8 Å².